The Morgan fingerprint density at radius 3 is 2.72 bits per heavy atom. The van der Waals surface area contributed by atoms with Crippen molar-refractivity contribution in [2.75, 3.05) is 44.7 Å². The lowest BCUT2D eigenvalue weighted by Gasteiger charge is -2.12. The first-order chi connectivity index (χ1) is 12.0. The molecule has 0 bridgehead atoms. The van der Waals surface area contributed by atoms with Gasteiger partial charge in [0.2, 0.25) is 5.95 Å². The number of hydrogen-bond donors (Lipinski definition) is 3. The summed E-state index contributed by atoms with van der Waals surface area (Å²) in [5.41, 5.74) is -0.970. The number of ether oxygens (including phenoxy) is 1. The van der Waals surface area contributed by atoms with Gasteiger partial charge in [0.25, 0.3) is 0 Å². The van der Waals surface area contributed by atoms with E-state index >= 15 is 0 Å². The van der Waals surface area contributed by atoms with Crippen molar-refractivity contribution >= 4 is 11.9 Å². The summed E-state index contributed by atoms with van der Waals surface area (Å²) < 4.78 is 43.0. The highest BCUT2D eigenvalue weighted by Gasteiger charge is 2.32. The molecule has 3 N–H and O–H groups in total. The fraction of sp³-hybridized carbons (Fsp3) is 0.667. The summed E-state index contributed by atoms with van der Waals surface area (Å²) in [7, 11) is 0. The second kappa shape index (κ2) is 11.5. The molecule has 0 fully saturated rings. The summed E-state index contributed by atoms with van der Waals surface area (Å²) in [6.45, 7) is 7.38. The van der Waals surface area contributed by atoms with E-state index in [1.165, 1.54) is 0 Å². The molecule has 0 aliphatic heterocycles. The number of anilines is 1. The first-order valence-corrected chi connectivity index (χ1v) is 8.21. The fourth-order valence-corrected chi connectivity index (χ4v) is 1.80. The van der Waals surface area contributed by atoms with Crippen molar-refractivity contribution in [2.45, 2.75) is 26.4 Å². The van der Waals surface area contributed by atoms with Gasteiger partial charge in [-0.05, 0) is 26.3 Å². The molecular formula is C15H25F3N6O. The Labute approximate surface area is 145 Å². The van der Waals surface area contributed by atoms with Gasteiger partial charge in [0, 0.05) is 45.6 Å². The van der Waals surface area contributed by atoms with Crippen molar-refractivity contribution in [3.8, 4) is 0 Å². The Balaban J connectivity index is 2.37. The molecule has 0 aliphatic carbocycles. The van der Waals surface area contributed by atoms with Crippen molar-refractivity contribution in [2.24, 2.45) is 4.99 Å². The number of alkyl halides is 3. The maximum atomic E-state index is 12.6. The monoisotopic (exact) mass is 362 g/mol. The molecule has 10 heteroatoms. The number of aromatic nitrogens is 2. The van der Waals surface area contributed by atoms with Gasteiger partial charge in [-0.2, -0.15) is 13.2 Å². The second-order valence-corrected chi connectivity index (χ2v) is 4.93. The summed E-state index contributed by atoms with van der Waals surface area (Å²) >= 11 is 0. The van der Waals surface area contributed by atoms with Crippen LogP contribution in [0.15, 0.2) is 17.3 Å². The number of aliphatic imine (C=N–C) groups is 1. The Bertz CT molecular complexity index is 524. The van der Waals surface area contributed by atoms with Gasteiger partial charge in [-0.25, -0.2) is 9.97 Å². The van der Waals surface area contributed by atoms with Crippen LogP contribution in [0, 0.1) is 0 Å². The first kappa shape index (κ1) is 20.9. The van der Waals surface area contributed by atoms with Gasteiger partial charge >= 0.3 is 6.18 Å². The van der Waals surface area contributed by atoms with E-state index < -0.39 is 11.9 Å². The van der Waals surface area contributed by atoms with Crippen LogP contribution in [0.5, 0.6) is 0 Å². The number of hydrogen-bond acceptors (Lipinski definition) is 5. The maximum Gasteiger partial charge on any atom is 0.433 e. The molecule has 0 saturated carbocycles. The van der Waals surface area contributed by atoms with Crippen molar-refractivity contribution in [3.63, 3.8) is 0 Å². The number of guanidine groups is 1. The second-order valence-electron chi connectivity index (χ2n) is 4.93. The van der Waals surface area contributed by atoms with Crippen LogP contribution in [0.3, 0.4) is 0 Å². The molecule has 0 amide bonds. The van der Waals surface area contributed by atoms with Gasteiger partial charge < -0.3 is 20.7 Å². The Morgan fingerprint density at radius 2 is 2.04 bits per heavy atom. The van der Waals surface area contributed by atoms with Crippen LogP contribution in [0.4, 0.5) is 19.1 Å². The van der Waals surface area contributed by atoms with E-state index in [-0.39, 0.29) is 5.95 Å². The zero-order valence-corrected chi connectivity index (χ0v) is 14.5. The Morgan fingerprint density at radius 1 is 1.24 bits per heavy atom. The third-order valence-electron chi connectivity index (χ3n) is 2.91. The standard InChI is InChI=1S/C15H25F3N6O/c1-3-19-13(20-7-5-11-25-4-2)22-9-10-23-14-21-8-6-12(24-14)15(16,17)18/h6,8H,3-5,7,9-11H2,1-2H3,(H2,19,20,22)(H,21,23,24). The molecular weight excluding hydrogens is 337 g/mol. The lowest BCUT2D eigenvalue weighted by Crippen LogP contribution is -2.39. The molecule has 142 valence electrons. The zero-order valence-electron chi connectivity index (χ0n) is 14.5. The van der Waals surface area contributed by atoms with Crippen molar-refractivity contribution in [1.82, 2.24) is 20.6 Å². The predicted octanol–water partition coefficient (Wildman–Crippen LogP) is 1.89. The van der Waals surface area contributed by atoms with Crippen LogP contribution in [0.1, 0.15) is 26.0 Å². The number of halogens is 3. The molecule has 0 unspecified atom stereocenters. The van der Waals surface area contributed by atoms with Crippen molar-refractivity contribution in [3.05, 3.63) is 18.0 Å². The topological polar surface area (TPSA) is 83.5 Å². The van der Waals surface area contributed by atoms with E-state index in [0.29, 0.717) is 45.4 Å². The fourth-order valence-electron chi connectivity index (χ4n) is 1.80. The Kier molecular flexibility index (Phi) is 9.60. The van der Waals surface area contributed by atoms with Crippen LogP contribution in [0.25, 0.3) is 0 Å². The molecule has 0 spiro atoms. The molecule has 1 aromatic rings. The average molecular weight is 362 g/mol. The minimum absolute atomic E-state index is 0.0599. The lowest BCUT2D eigenvalue weighted by molar-refractivity contribution is -0.141. The minimum atomic E-state index is -4.48. The molecule has 1 aromatic heterocycles. The number of nitrogens with one attached hydrogen (secondary N) is 3. The van der Waals surface area contributed by atoms with E-state index in [9.17, 15) is 13.2 Å². The molecule has 0 aliphatic rings. The molecule has 1 heterocycles. The molecule has 0 radical (unpaired) electrons. The first-order valence-electron chi connectivity index (χ1n) is 8.21. The van der Waals surface area contributed by atoms with Crippen LogP contribution in [0.2, 0.25) is 0 Å². The Hall–Kier alpha value is -2.10. The molecule has 7 nitrogen and oxygen atoms in total. The van der Waals surface area contributed by atoms with Crippen LogP contribution < -0.4 is 16.0 Å². The van der Waals surface area contributed by atoms with Gasteiger partial charge in [-0.1, -0.05) is 0 Å². The van der Waals surface area contributed by atoms with E-state index in [4.69, 9.17) is 4.74 Å². The third kappa shape index (κ3) is 9.08. The summed E-state index contributed by atoms with van der Waals surface area (Å²) in [5.74, 6) is 0.584. The quantitative estimate of drug-likeness (QED) is 0.335. The van der Waals surface area contributed by atoms with Crippen LogP contribution in [-0.2, 0) is 10.9 Å². The van der Waals surface area contributed by atoms with Crippen LogP contribution in [-0.4, -0.2) is 55.3 Å². The van der Waals surface area contributed by atoms with Crippen molar-refractivity contribution in [1.29, 1.82) is 0 Å². The van der Waals surface area contributed by atoms with Crippen molar-refractivity contribution < 1.29 is 17.9 Å². The smallest absolute Gasteiger partial charge is 0.382 e. The highest BCUT2D eigenvalue weighted by atomic mass is 19.4. The average Bonchev–Trinajstić information content (AvgIpc) is 2.58. The molecule has 1 rings (SSSR count). The van der Waals surface area contributed by atoms with E-state index in [2.05, 4.69) is 30.9 Å². The maximum absolute atomic E-state index is 12.6. The summed E-state index contributed by atoms with van der Waals surface area (Å²) in [4.78, 5) is 11.6. The molecule has 25 heavy (non-hydrogen) atoms. The third-order valence-corrected chi connectivity index (χ3v) is 2.91. The SMILES string of the molecule is CCNC(=NCCCOCC)NCCNc1nccc(C(F)(F)F)n1. The van der Waals surface area contributed by atoms with E-state index in [1.807, 2.05) is 13.8 Å². The minimum Gasteiger partial charge on any atom is -0.382 e. The number of nitrogens with zero attached hydrogens (tertiary/aromatic N) is 3. The van der Waals surface area contributed by atoms with Gasteiger partial charge in [0.1, 0.15) is 5.69 Å². The predicted molar refractivity (Wildman–Crippen MR) is 90.6 cm³/mol. The van der Waals surface area contributed by atoms with Gasteiger partial charge in [-0.3, -0.25) is 4.99 Å². The highest BCUT2D eigenvalue weighted by Crippen LogP contribution is 2.27. The summed E-state index contributed by atoms with van der Waals surface area (Å²) in [5, 5.41) is 8.93. The lowest BCUT2D eigenvalue weighted by atomic mass is 10.4. The zero-order chi connectivity index (χ0) is 18.5. The van der Waals surface area contributed by atoms with Gasteiger partial charge in [-0.15, -0.1) is 0 Å². The largest absolute Gasteiger partial charge is 0.433 e. The normalized spacial score (nSPS) is 12.1. The van der Waals surface area contributed by atoms with E-state index in [0.717, 1.165) is 18.7 Å². The highest BCUT2D eigenvalue weighted by molar-refractivity contribution is 5.79. The van der Waals surface area contributed by atoms with E-state index in [1.54, 1.807) is 0 Å². The van der Waals surface area contributed by atoms with Crippen LogP contribution >= 0.6 is 0 Å². The summed E-state index contributed by atoms with van der Waals surface area (Å²) in [6, 6.07) is 0.835. The summed E-state index contributed by atoms with van der Waals surface area (Å²) in [6.07, 6.45) is -2.58. The molecule has 0 atom stereocenters. The molecule has 0 aromatic carbocycles. The molecule has 0 saturated heterocycles. The van der Waals surface area contributed by atoms with Gasteiger partial charge in [0.05, 0.1) is 0 Å². The number of rotatable bonds is 10. The van der Waals surface area contributed by atoms with Gasteiger partial charge in [0.15, 0.2) is 5.96 Å².